The number of aromatic nitrogens is 1. The summed E-state index contributed by atoms with van der Waals surface area (Å²) in [6, 6.07) is 11.5. The Bertz CT molecular complexity index is 781. The minimum absolute atomic E-state index is 0. The van der Waals surface area contributed by atoms with Crippen molar-refractivity contribution in [2.24, 2.45) is 4.99 Å². The molecule has 0 fully saturated rings. The number of hydrogen-bond donors (Lipinski definition) is 3. The molecule has 0 saturated carbocycles. The van der Waals surface area contributed by atoms with Gasteiger partial charge in [0.15, 0.2) is 5.96 Å². The highest BCUT2D eigenvalue weighted by Crippen LogP contribution is 2.08. The zero-order valence-electron chi connectivity index (χ0n) is 17.2. The van der Waals surface area contributed by atoms with Crippen LogP contribution >= 0.6 is 24.0 Å². The highest BCUT2D eigenvalue weighted by Gasteiger charge is 2.04. The zero-order chi connectivity index (χ0) is 20.2. The van der Waals surface area contributed by atoms with Crippen LogP contribution in [0.2, 0.25) is 0 Å². The van der Waals surface area contributed by atoms with E-state index >= 15 is 0 Å². The molecule has 2 rings (SSSR count). The van der Waals surface area contributed by atoms with Crippen molar-refractivity contribution in [3.8, 4) is 5.88 Å². The Morgan fingerprint density at radius 2 is 2.00 bits per heavy atom. The first-order valence-corrected chi connectivity index (χ1v) is 9.49. The Balaban J connectivity index is 0.00000420. The molecule has 0 aliphatic rings. The molecular formula is C21H30IN5O2. The number of carbonyl (C=O) groups excluding carboxylic acids is 1. The van der Waals surface area contributed by atoms with Gasteiger partial charge in [0.05, 0.1) is 6.61 Å². The lowest BCUT2D eigenvalue weighted by Gasteiger charge is -2.12. The monoisotopic (exact) mass is 511 g/mol. The lowest BCUT2D eigenvalue weighted by Crippen LogP contribution is -2.37. The predicted molar refractivity (Wildman–Crippen MR) is 127 cm³/mol. The van der Waals surface area contributed by atoms with Crippen molar-refractivity contribution >= 4 is 35.8 Å². The molecule has 1 heterocycles. The number of benzene rings is 1. The third kappa shape index (κ3) is 8.68. The van der Waals surface area contributed by atoms with E-state index in [1.165, 1.54) is 0 Å². The van der Waals surface area contributed by atoms with Gasteiger partial charge < -0.3 is 20.7 Å². The van der Waals surface area contributed by atoms with E-state index in [9.17, 15) is 4.79 Å². The van der Waals surface area contributed by atoms with Gasteiger partial charge >= 0.3 is 0 Å². The van der Waals surface area contributed by atoms with E-state index in [1.807, 2.05) is 36.4 Å². The molecule has 0 saturated heterocycles. The molecule has 0 atom stereocenters. The molecule has 29 heavy (non-hydrogen) atoms. The van der Waals surface area contributed by atoms with E-state index in [0.29, 0.717) is 37.1 Å². The van der Waals surface area contributed by atoms with Gasteiger partial charge in [-0.25, -0.2) is 4.98 Å². The summed E-state index contributed by atoms with van der Waals surface area (Å²) in [6.07, 6.45) is 3.55. The van der Waals surface area contributed by atoms with E-state index in [4.69, 9.17) is 4.74 Å². The molecular weight excluding hydrogens is 481 g/mol. The molecule has 7 nitrogen and oxygen atoms in total. The SMILES string of the molecule is CCCOc1ccc(CNC(=NC)NCCc2cccc(C(=O)NC)c2)cn1.I. The molecule has 0 aliphatic carbocycles. The number of carbonyl (C=O) groups is 1. The van der Waals surface area contributed by atoms with Crippen molar-refractivity contribution in [1.82, 2.24) is 20.9 Å². The van der Waals surface area contributed by atoms with Gasteiger partial charge in [-0.05, 0) is 36.1 Å². The minimum atomic E-state index is -0.0768. The molecule has 2 aromatic rings. The third-order valence-corrected chi connectivity index (χ3v) is 4.06. The Labute approximate surface area is 189 Å². The average molecular weight is 511 g/mol. The largest absolute Gasteiger partial charge is 0.478 e. The number of nitrogens with zero attached hydrogens (tertiary/aromatic N) is 2. The number of amides is 1. The number of halogens is 1. The highest BCUT2D eigenvalue weighted by molar-refractivity contribution is 14.0. The topological polar surface area (TPSA) is 87.6 Å². The third-order valence-electron chi connectivity index (χ3n) is 4.06. The maximum atomic E-state index is 11.7. The number of aliphatic imine (C=N–C) groups is 1. The van der Waals surface area contributed by atoms with Crippen molar-refractivity contribution in [2.75, 3.05) is 27.2 Å². The molecule has 0 spiro atoms. The van der Waals surface area contributed by atoms with Crippen molar-refractivity contribution in [3.05, 3.63) is 59.3 Å². The number of hydrogen-bond acceptors (Lipinski definition) is 4. The first-order valence-electron chi connectivity index (χ1n) is 9.49. The lowest BCUT2D eigenvalue weighted by molar-refractivity contribution is 0.0963. The summed E-state index contributed by atoms with van der Waals surface area (Å²) in [7, 11) is 3.37. The number of guanidine groups is 1. The van der Waals surface area contributed by atoms with Gasteiger partial charge in [0.2, 0.25) is 5.88 Å². The predicted octanol–water partition coefficient (Wildman–Crippen LogP) is 2.76. The fourth-order valence-corrected chi connectivity index (χ4v) is 2.55. The molecule has 158 valence electrons. The van der Waals surface area contributed by atoms with Crippen LogP contribution in [0.5, 0.6) is 5.88 Å². The van der Waals surface area contributed by atoms with Crippen LogP contribution in [0.15, 0.2) is 47.6 Å². The van der Waals surface area contributed by atoms with Crippen LogP contribution in [0.3, 0.4) is 0 Å². The second kappa shape index (κ2) is 13.8. The molecule has 0 unspecified atom stereocenters. The summed E-state index contributed by atoms with van der Waals surface area (Å²) in [5, 5.41) is 9.19. The number of ether oxygens (including phenoxy) is 1. The van der Waals surface area contributed by atoms with Crippen LogP contribution in [-0.4, -0.2) is 44.1 Å². The summed E-state index contributed by atoms with van der Waals surface area (Å²) in [6.45, 7) is 4.06. The number of pyridine rings is 1. The molecule has 3 N–H and O–H groups in total. The second-order valence-corrected chi connectivity index (χ2v) is 6.24. The van der Waals surface area contributed by atoms with Gasteiger partial charge in [0.25, 0.3) is 5.91 Å². The first kappa shape index (κ1) is 24.7. The summed E-state index contributed by atoms with van der Waals surface area (Å²) in [4.78, 5) is 20.3. The minimum Gasteiger partial charge on any atom is -0.478 e. The van der Waals surface area contributed by atoms with E-state index in [2.05, 4.69) is 32.9 Å². The summed E-state index contributed by atoms with van der Waals surface area (Å²) in [5.74, 6) is 1.29. The molecule has 0 bridgehead atoms. The Morgan fingerprint density at radius 1 is 1.17 bits per heavy atom. The zero-order valence-corrected chi connectivity index (χ0v) is 19.5. The van der Waals surface area contributed by atoms with Crippen LogP contribution < -0.4 is 20.7 Å². The van der Waals surface area contributed by atoms with E-state index < -0.39 is 0 Å². The maximum Gasteiger partial charge on any atom is 0.251 e. The number of nitrogens with one attached hydrogen (secondary N) is 3. The van der Waals surface area contributed by atoms with Crippen molar-refractivity contribution < 1.29 is 9.53 Å². The fraction of sp³-hybridized carbons (Fsp3) is 0.381. The van der Waals surface area contributed by atoms with Crippen LogP contribution in [0.1, 0.15) is 34.8 Å². The molecule has 0 aliphatic heterocycles. The van der Waals surface area contributed by atoms with Gasteiger partial charge in [0.1, 0.15) is 0 Å². The molecule has 1 amide bonds. The van der Waals surface area contributed by atoms with E-state index in [1.54, 1.807) is 20.3 Å². The summed E-state index contributed by atoms with van der Waals surface area (Å²) in [5.41, 5.74) is 2.81. The summed E-state index contributed by atoms with van der Waals surface area (Å²) < 4.78 is 5.49. The van der Waals surface area contributed by atoms with Crippen molar-refractivity contribution in [1.29, 1.82) is 0 Å². The van der Waals surface area contributed by atoms with Crippen LogP contribution in [-0.2, 0) is 13.0 Å². The fourth-order valence-electron chi connectivity index (χ4n) is 2.55. The standard InChI is InChI=1S/C21H29N5O2.HI/c1-4-12-28-19-9-8-17(14-25-19)15-26-21(23-3)24-11-10-16-6-5-7-18(13-16)20(27)22-2;/h5-9,13-14H,4,10-12,15H2,1-3H3,(H,22,27)(H2,23,24,26);1H. The first-order chi connectivity index (χ1) is 13.7. The van der Waals surface area contributed by atoms with Gasteiger partial charge in [-0.1, -0.05) is 25.1 Å². The van der Waals surface area contributed by atoms with Gasteiger partial charge in [-0.15, -0.1) is 24.0 Å². The van der Waals surface area contributed by atoms with E-state index in [0.717, 1.165) is 24.0 Å². The average Bonchev–Trinajstić information content (AvgIpc) is 2.75. The number of rotatable bonds is 9. The molecule has 1 aromatic carbocycles. The van der Waals surface area contributed by atoms with Crippen LogP contribution in [0.25, 0.3) is 0 Å². The molecule has 1 aromatic heterocycles. The lowest BCUT2D eigenvalue weighted by atomic mass is 10.1. The quantitative estimate of drug-likeness (QED) is 0.274. The highest BCUT2D eigenvalue weighted by atomic mass is 127. The molecule has 0 radical (unpaired) electrons. The Hall–Kier alpha value is -2.36. The van der Waals surface area contributed by atoms with E-state index in [-0.39, 0.29) is 29.9 Å². The van der Waals surface area contributed by atoms with Crippen LogP contribution in [0.4, 0.5) is 0 Å². The van der Waals surface area contributed by atoms with Crippen molar-refractivity contribution in [3.63, 3.8) is 0 Å². The second-order valence-electron chi connectivity index (χ2n) is 6.24. The molecule has 8 heteroatoms. The van der Waals surface area contributed by atoms with Gasteiger partial charge in [-0.3, -0.25) is 9.79 Å². The Morgan fingerprint density at radius 3 is 2.66 bits per heavy atom. The normalized spacial score (nSPS) is 10.7. The Kier molecular flexibility index (Phi) is 11.7. The van der Waals surface area contributed by atoms with Crippen LogP contribution in [0, 0.1) is 0 Å². The van der Waals surface area contributed by atoms with Gasteiger partial charge in [-0.2, -0.15) is 0 Å². The van der Waals surface area contributed by atoms with Crippen molar-refractivity contribution in [2.45, 2.75) is 26.3 Å². The maximum absolute atomic E-state index is 11.7. The summed E-state index contributed by atoms with van der Waals surface area (Å²) >= 11 is 0. The van der Waals surface area contributed by atoms with Gasteiger partial charge in [0, 0.05) is 45.0 Å². The smallest absolute Gasteiger partial charge is 0.251 e.